The molecule has 0 saturated carbocycles. The number of aliphatic hydroxyl groups excluding tert-OH is 1. The van der Waals surface area contributed by atoms with Crippen molar-refractivity contribution >= 4 is 17.5 Å². The molecule has 4 aromatic rings. The summed E-state index contributed by atoms with van der Waals surface area (Å²) in [6.45, 7) is 0.635. The summed E-state index contributed by atoms with van der Waals surface area (Å²) in [6.07, 6.45) is 2.92. The Balaban J connectivity index is 0.00000103. The molecular weight excluding hydrogens is 527 g/mol. The second kappa shape index (κ2) is 13.5. The lowest BCUT2D eigenvalue weighted by Crippen LogP contribution is -2.18. The molecule has 2 aromatic carbocycles. The van der Waals surface area contributed by atoms with Gasteiger partial charge in [-0.15, -0.1) is 9.78 Å². The number of rotatable bonds is 10. The second-order valence-corrected chi connectivity index (χ2v) is 7.96. The number of nitrogens with two attached hydrogens (primary N) is 1. The van der Waals surface area contributed by atoms with E-state index in [9.17, 15) is 4.79 Å². The number of carboxylic acids is 1. The molecule has 2 heterocycles. The van der Waals surface area contributed by atoms with Crippen LogP contribution in [0.4, 0.5) is 10.1 Å². The topological polar surface area (TPSA) is 214 Å². The number of hydrogen-bond acceptors (Lipinski definition) is 10. The molecule has 0 aliphatic heterocycles. The Morgan fingerprint density at radius 3 is 2.48 bits per heavy atom. The van der Waals surface area contributed by atoms with E-state index in [1.165, 1.54) is 31.6 Å². The smallest absolute Gasteiger partial charge is 0.350 e. The predicted molar refractivity (Wildman–Crippen MR) is 142 cm³/mol. The van der Waals surface area contributed by atoms with Crippen LogP contribution in [0.15, 0.2) is 59.7 Å². The van der Waals surface area contributed by atoms with Crippen LogP contribution in [0.3, 0.4) is 0 Å². The number of methoxy groups -OCH3 is 1. The number of nitrogens with one attached hydrogen (secondary N) is 3. The van der Waals surface area contributed by atoms with Crippen LogP contribution in [0.1, 0.15) is 29.9 Å². The number of hydrogen-bond donors (Lipinski definition) is 6. The normalized spacial score (nSPS) is 11.1. The minimum absolute atomic E-state index is 0.0349. The molecule has 4 rings (SSSR count). The fourth-order valence-corrected chi connectivity index (χ4v) is 3.39. The van der Waals surface area contributed by atoms with E-state index in [1.54, 1.807) is 30.3 Å². The quantitative estimate of drug-likeness (QED) is 0.122. The Hall–Kier alpha value is -5.31. The van der Waals surface area contributed by atoms with Gasteiger partial charge < -0.3 is 30.7 Å². The summed E-state index contributed by atoms with van der Waals surface area (Å²) in [6, 6.07) is 9.91. The molecule has 2 aromatic heterocycles. The summed E-state index contributed by atoms with van der Waals surface area (Å²) in [4.78, 5) is 32.4. The van der Waals surface area contributed by atoms with Crippen LogP contribution >= 0.6 is 0 Å². The lowest BCUT2D eigenvalue weighted by atomic mass is 10.0. The number of H-pyrrole nitrogens is 1. The number of nitrogen functional groups attached to an aromatic ring is 1. The van der Waals surface area contributed by atoms with Crippen molar-refractivity contribution in [3.8, 4) is 17.4 Å². The molecule has 0 bridgehead atoms. The van der Waals surface area contributed by atoms with Crippen molar-refractivity contribution in [2.24, 2.45) is 5.73 Å². The molecular formula is C25H27FN8O6. The highest BCUT2D eigenvalue weighted by Crippen LogP contribution is 2.34. The fraction of sp³-hybridized carbons (Fsp3) is 0.200. The number of nitrogens with zero attached hydrogens (tertiary/aromatic N) is 4. The van der Waals surface area contributed by atoms with Crippen molar-refractivity contribution < 1.29 is 28.9 Å². The molecule has 15 heteroatoms. The first-order valence-electron chi connectivity index (χ1n) is 11.6. The number of aliphatic hydroxyl groups is 1. The highest BCUT2D eigenvalue weighted by Gasteiger charge is 2.27. The number of aliphatic carboxylic acids is 1. The summed E-state index contributed by atoms with van der Waals surface area (Å²) < 4.78 is 27.3. The largest absolute Gasteiger partial charge is 0.497 e. The number of halogens is 1. The Morgan fingerprint density at radius 1 is 1.25 bits per heavy atom. The van der Waals surface area contributed by atoms with Gasteiger partial charge in [-0.1, -0.05) is 0 Å². The maximum absolute atomic E-state index is 15.7. The fourth-order valence-electron chi connectivity index (χ4n) is 3.39. The number of carboxylic acid groups (broad SMARTS) is 1. The highest BCUT2D eigenvalue weighted by atomic mass is 19.1. The van der Waals surface area contributed by atoms with Gasteiger partial charge in [0.05, 0.1) is 13.7 Å². The first kappa shape index (κ1) is 29.2. The predicted octanol–water partition coefficient (Wildman–Crippen LogP) is 1.45. The molecule has 0 saturated heterocycles. The minimum Gasteiger partial charge on any atom is -0.497 e. The summed E-state index contributed by atoms with van der Waals surface area (Å²) in [5.41, 5.74) is 5.98. The summed E-state index contributed by atoms with van der Waals surface area (Å²) in [5.74, 6) is -1.45. The Morgan fingerprint density at radius 2 is 1.90 bits per heavy atom. The number of anilines is 1. The van der Waals surface area contributed by atoms with Gasteiger partial charge in [0, 0.05) is 42.2 Å². The Labute approximate surface area is 226 Å². The van der Waals surface area contributed by atoms with Gasteiger partial charge in [0.25, 0.3) is 11.9 Å². The summed E-state index contributed by atoms with van der Waals surface area (Å²) in [7, 11) is 1.42. The third-order valence-corrected chi connectivity index (χ3v) is 5.09. The SMILES string of the molecule is CC(=O)O.COc1cc(OCCO)c(F)c([C@@H](Nc2ccc(C(=N)N)cc2)c2nn(-c3ncccn3)c(=O)[nH]2)c1. The second-order valence-electron chi connectivity index (χ2n) is 7.96. The molecule has 0 fully saturated rings. The first-order chi connectivity index (χ1) is 19.1. The lowest BCUT2D eigenvalue weighted by molar-refractivity contribution is -0.134. The van der Waals surface area contributed by atoms with E-state index in [0.29, 0.717) is 11.3 Å². The molecule has 0 aliphatic carbocycles. The highest BCUT2D eigenvalue weighted by molar-refractivity contribution is 5.95. The maximum atomic E-state index is 15.7. The molecule has 7 N–H and O–H groups in total. The average Bonchev–Trinajstić information content (AvgIpc) is 3.33. The molecule has 0 unspecified atom stereocenters. The van der Waals surface area contributed by atoms with Crippen molar-refractivity contribution in [3.63, 3.8) is 0 Å². The molecule has 14 nitrogen and oxygen atoms in total. The zero-order valence-electron chi connectivity index (χ0n) is 21.5. The van der Waals surface area contributed by atoms with E-state index in [-0.39, 0.29) is 47.9 Å². The van der Waals surface area contributed by atoms with E-state index < -0.39 is 23.5 Å². The van der Waals surface area contributed by atoms with Crippen LogP contribution in [-0.2, 0) is 4.79 Å². The van der Waals surface area contributed by atoms with Gasteiger partial charge in [-0.05, 0) is 36.4 Å². The molecule has 40 heavy (non-hydrogen) atoms. The van der Waals surface area contributed by atoms with Gasteiger partial charge in [-0.25, -0.2) is 19.2 Å². The van der Waals surface area contributed by atoms with Crippen molar-refractivity contribution in [1.29, 1.82) is 5.41 Å². The maximum Gasteiger partial charge on any atom is 0.350 e. The zero-order chi connectivity index (χ0) is 29.2. The number of carbonyl (C=O) groups is 1. The van der Waals surface area contributed by atoms with Crippen molar-refractivity contribution in [2.45, 2.75) is 13.0 Å². The Kier molecular flexibility index (Phi) is 9.85. The van der Waals surface area contributed by atoms with E-state index in [1.807, 2.05) is 0 Å². The number of aromatic nitrogens is 5. The zero-order valence-corrected chi connectivity index (χ0v) is 21.5. The average molecular weight is 555 g/mol. The number of benzene rings is 2. The third kappa shape index (κ3) is 7.38. The van der Waals surface area contributed by atoms with Crippen LogP contribution < -0.4 is 26.2 Å². The van der Waals surface area contributed by atoms with Gasteiger partial charge >= 0.3 is 5.69 Å². The Bertz CT molecular complexity index is 1500. The van der Waals surface area contributed by atoms with Crippen LogP contribution in [0.2, 0.25) is 0 Å². The lowest BCUT2D eigenvalue weighted by Gasteiger charge is -2.21. The summed E-state index contributed by atoms with van der Waals surface area (Å²) >= 11 is 0. The molecule has 210 valence electrons. The summed E-state index contributed by atoms with van der Waals surface area (Å²) in [5, 5.41) is 31.6. The number of ether oxygens (including phenoxy) is 2. The minimum atomic E-state index is -1.03. The van der Waals surface area contributed by atoms with Crippen molar-refractivity contribution in [3.05, 3.63) is 88.1 Å². The van der Waals surface area contributed by atoms with Gasteiger partial charge in [0.2, 0.25) is 0 Å². The van der Waals surface area contributed by atoms with Crippen LogP contribution in [0.25, 0.3) is 5.95 Å². The van der Waals surface area contributed by atoms with E-state index in [4.69, 9.17) is 35.6 Å². The van der Waals surface area contributed by atoms with E-state index in [0.717, 1.165) is 11.6 Å². The molecule has 0 radical (unpaired) electrons. The molecule has 0 spiro atoms. The van der Waals surface area contributed by atoms with Gasteiger partial charge in [-0.3, -0.25) is 15.2 Å². The third-order valence-electron chi connectivity index (χ3n) is 5.09. The van der Waals surface area contributed by atoms with Gasteiger partial charge in [-0.2, -0.15) is 0 Å². The van der Waals surface area contributed by atoms with Crippen molar-refractivity contribution in [2.75, 3.05) is 25.6 Å². The van der Waals surface area contributed by atoms with E-state index in [2.05, 4.69) is 25.4 Å². The van der Waals surface area contributed by atoms with Crippen LogP contribution in [0, 0.1) is 11.2 Å². The standard InChI is InChI=1S/C23H23FN8O4.C2H4O2/c1-35-15-11-16(18(24)17(12-15)36-10-9-33)19(29-14-5-3-13(4-6-14)20(25)26)21-30-23(34)32(31-21)22-27-7-2-8-28-22;1-2(3)4/h2-8,11-12,19,29,33H,9-10H2,1H3,(H3,25,26)(H,30,31,34);1H3,(H,3,4)/t19-;/m1./s1. The monoisotopic (exact) mass is 554 g/mol. The van der Waals surface area contributed by atoms with Gasteiger partial charge in [0.1, 0.15) is 24.2 Å². The molecule has 1 atom stereocenters. The first-order valence-corrected chi connectivity index (χ1v) is 11.6. The van der Waals surface area contributed by atoms with Crippen LogP contribution in [0.5, 0.6) is 11.5 Å². The number of aromatic amines is 1. The number of amidine groups is 1. The van der Waals surface area contributed by atoms with E-state index >= 15 is 4.39 Å². The van der Waals surface area contributed by atoms with Crippen LogP contribution in [-0.4, -0.2) is 67.1 Å². The van der Waals surface area contributed by atoms with Crippen molar-refractivity contribution in [1.82, 2.24) is 24.7 Å². The van der Waals surface area contributed by atoms with Gasteiger partial charge in [0.15, 0.2) is 17.4 Å². The molecule has 0 amide bonds. The molecule has 0 aliphatic rings.